The van der Waals surface area contributed by atoms with Gasteiger partial charge in [0.2, 0.25) is 6.71 Å². The molecule has 24 heavy (non-hydrogen) atoms. The molecule has 0 atom stereocenters. The molecule has 0 nitrogen and oxygen atoms in total. The Balaban J connectivity index is 2.68. The van der Waals surface area contributed by atoms with Crippen molar-refractivity contribution in [1.82, 2.24) is 0 Å². The lowest BCUT2D eigenvalue weighted by atomic mass is 9.37. The Morgan fingerprint density at radius 2 is 1.08 bits per heavy atom. The maximum absolute atomic E-state index is 2.43. The largest absolute Gasteiger partial charge is 0.235 e. The predicted octanol–water partition coefficient (Wildman–Crippen LogP) is 5.04. The van der Waals surface area contributed by atoms with Gasteiger partial charge < -0.3 is 0 Å². The zero-order valence-electron chi connectivity index (χ0n) is 16.5. The van der Waals surface area contributed by atoms with Crippen LogP contribution in [0.1, 0.15) is 53.1 Å². The van der Waals surface area contributed by atoms with Crippen molar-refractivity contribution in [3.8, 4) is 0 Å². The Kier molecular flexibility index (Phi) is 6.10. The van der Waals surface area contributed by atoms with E-state index in [4.69, 9.17) is 0 Å². The van der Waals surface area contributed by atoms with Crippen LogP contribution in [0, 0.1) is 41.5 Å². The molecule has 0 amide bonds. The number of allylic oxidation sites excluding steroid dienone is 1. The first-order chi connectivity index (χ1) is 11.3. The highest BCUT2D eigenvalue weighted by atomic mass is 14.1. The molecule has 0 aliphatic heterocycles. The lowest BCUT2D eigenvalue weighted by Gasteiger charge is -2.22. The van der Waals surface area contributed by atoms with Crippen LogP contribution < -0.4 is 10.9 Å². The summed E-state index contributed by atoms with van der Waals surface area (Å²) in [5, 5.41) is 0. The van der Waals surface area contributed by atoms with Crippen LogP contribution in [0.4, 0.5) is 0 Å². The summed E-state index contributed by atoms with van der Waals surface area (Å²) in [6.45, 7) is 16.0. The van der Waals surface area contributed by atoms with E-state index in [1.165, 1.54) is 50.7 Å². The predicted molar refractivity (Wildman–Crippen MR) is 110 cm³/mol. The standard InChI is InChI=1S/C23H31B/c1-8-9-10-11-24(22-18(4)12-16(2)13-19(22)5)23-20(6)14-17(3)15-21(23)7/h10-15H,8-9H2,1-7H3/b11-10+. The lowest BCUT2D eigenvalue weighted by molar-refractivity contribution is 0.960. The maximum Gasteiger partial charge on any atom is 0.235 e. The molecule has 0 spiro atoms. The molecule has 2 aromatic carbocycles. The number of rotatable bonds is 5. The molecule has 0 heterocycles. The van der Waals surface area contributed by atoms with Crippen molar-refractivity contribution in [2.45, 2.75) is 61.3 Å². The summed E-state index contributed by atoms with van der Waals surface area (Å²) in [4.78, 5) is 0. The first kappa shape index (κ1) is 18.6. The fraction of sp³-hybridized carbons (Fsp3) is 0.391. The third-order valence-corrected chi connectivity index (χ3v) is 4.88. The van der Waals surface area contributed by atoms with Crippen LogP contribution in [0.5, 0.6) is 0 Å². The second kappa shape index (κ2) is 7.88. The van der Waals surface area contributed by atoms with Crippen molar-refractivity contribution in [3.63, 3.8) is 0 Å². The van der Waals surface area contributed by atoms with Crippen molar-refractivity contribution in [3.05, 3.63) is 69.7 Å². The zero-order valence-corrected chi connectivity index (χ0v) is 16.5. The Morgan fingerprint density at radius 3 is 1.42 bits per heavy atom. The maximum atomic E-state index is 2.43. The Morgan fingerprint density at radius 1 is 0.708 bits per heavy atom. The van der Waals surface area contributed by atoms with E-state index in [-0.39, 0.29) is 0 Å². The SMILES string of the molecule is CCC/C=C/B(c1c(C)cc(C)cc1C)c1c(C)cc(C)cc1C. The minimum atomic E-state index is 0.345. The molecular weight excluding hydrogens is 287 g/mol. The topological polar surface area (TPSA) is 0 Å². The second-order valence-electron chi connectivity index (χ2n) is 7.32. The van der Waals surface area contributed by atoms with Crippen LogP contribution in [-0.4, -0.2) is 6.71 Å². The van der Waals surface area contributed by atoms with E-state index >= 15 is 0 Å². The fourth-order valence-electron chi connectivity index (χ4n) is 4.10. The van der Waals surface area contributed by atoms with Gasteiger partial charge in [0.05, 0.1) is 0 Å². The highest BCUT2D eigenvalue weighted by Crippen LogP contribution is 2.13. The average molecular weight is 318 g/mol. The number of hydrogen-bond acceptors (Lipinski definition) is 0. The zero-order chi connectivity index (χ0) is 17.9. The number of unbranched alkanes of at least 4 members (excludes halogenated alkanes) is 1. The molecule has 0 unspecified atom stereocenters. The summed E-state index contributed by atoms with van der Waals surface area (Å²) in [6, 6.07) is 9.29. The highest BCUT2D eigenvalue weighted by molar-refractivity contribution is 6.90. The van der Waals surface area contributed by atoms with E-state index < -0.39 is 0 Å². The Labute approximate surface area is 149 Å². The van der Waals surface area contributed by atoms with Gasteiger partial charge in [0.25, 0.3) is 0 Å². The number of hydrogen-bond donors (Lipinski definition) is 0. The summed E-state index contributed by atoms with van der Waals surface area (Å²) >= 11 is 0. The van der Waals surface area contributed by atoms with Crippen molar-refractivity contribution in [1.29, 1.82) is 0 Å². The van der Waals surface area contributed by atoms with Gasteiger partial charge in [0.1, 0.15) is 0 Å². The first-order valence-corrected chi connectivity index (χ1v) is 9.17. The summed E-state index contributed by atoms with van der Waals surface area (Å²) < 4.78 is 0. The first-order valence-electron chi connectivity index (χ1n) is 9.17. The van der Waals surface area contributed by atoms with E-state index in [2.05, 4.69) is 84.8 Å². The van der Waals surface area contributed by atoms with Gasteiger partial charge in [-0.15, -0.1) is 5.98 Å². The summed E-state index contributed by atoms with van der Waals surface area (Å²) in [6.07, 6.45) is 4.70. The lowest BCUT2D eigenvalue weighted by Crippen LogP contribution is -2.46. The van der Waals surface area contributed by atoms with Crippen molar-refractivity contribution < 1.29 is 0 Å². The molecule has 0 saturated heterocycles. The van der Waals surface area contributed by atoms with Gasteiger partial charge in [-0.05, 0) is 48.0 Å². The molecule has 0 N–H and O–H groups in total. The molecule has 0 aliphatic carbocycles. The third kappa shape index (κ3) is 4.01. The molecule has 1 heteroatoms. The number of aryl methyl sites for hydroxylation is 6. The van der Waals surface area contributed by atoms with Gasteiger partial charge in [-0.3, -0.25) is 0 Å². The molecule has 2 rings (SSSR count). The van der Waals surface area contributed by atoms with Crippen LogP contribution in [0.3, 0.4) is 0 Å². The van der Waals surface area contributed by atoms with Gasteiger partial charge in [-0.2, -0.15) is 0 Å². The molecule has 2 aromatic rings. The van der Waals surface area contributed by atoms with Crippen molar-refractivity contribution in [2.75, 3.05) is 0 Å². The molecule has 126 valence electrons. The molecule has 0 radical (unpaired) electrons. The van der Waals surface area contributed by atoms with Crippen LogP contribution in [0.25, 0.3) is 0 Å². The molecule has 0 bridgehead atoms. The normalized spacial score (nSPS) is 11.3. The van der Waals surface area contributed by atoms with Gasteiger partial charge in [0.15, 0.2) is 0 Å². The monoisotopic (exact) mass is 318 g/mol. The van der Waals surface area contributed by atoms with Gasteiger partial charge in [-0.25, -0.2) is 0 Å². The minimum absolute atomic E-state index is 0.345. The Hall–Kier alpha value is -1.76. The van der Waals surface area contributed by atoms with E-state index in [0.29, 0.717) is 6.71 Å². The quantitative estimate of drug-likeness (QED) is 0.677. The smallest absolute Gasteiger partial charge is 0.109 e. The average Bonchev–Trinajstić information content (AvgIpc) is 2.44. The highest BCUT2D eigenvalue weighted by Gasteiger charge is 2.23. The Bertz CT molecular complexity index is 649. The minimum Gasteiger partial charge on any atom is -0.109 e. The summed E-state index contributed by atoms with van der Waals surface area (Å²) in [5.41, 5.74) is 11.3. The van der Waals surface area contributed by atoms with Crippen molar-refractivity contribution >= 4 is 17.6 Å². The molecule has 0 fully saturated rings. The third-order valence-electron chi connectivity index (χ3n) is 4.88. The van der Waals surface area contributed by atoms with Crippen LogP contribution in [0.15, 0.2) is 36.3 Å². The molecule has 0 aliphatic rings. The van der Waals surface area contributed by atoms with Gasteiger partial charge in [-0.1, -0.05) is 88.0 Å². The summed E-state index contributed by atoms with van der Waals surface area (Å²) in [7, 11) is 0. The molecule has 0 saturated carbocycles. The fourth-order valence-corrected chi connectivity index (χ4v) is 4.10. The van der Waals surface area contributed by atoms with E-state index in [0.717, 1.165) is 6.42 Å². The van der Waals surface area contributed by atoms with Crippen LogP contribution in [-0.2, 0) is 0 Å². The molecule has 0 aromatic heterocycles. The van der Waals surface area contributed by atoms with Gasteiger partial charge >= 0.3 is 0 Å². The number of benzene rings is 2. The van der Waals surface area contributed by atoms with E-state index in [9.17, 15) is 0 Å². The van der Waals surface area contributed by atoms with Gasteiger partial charge in [0, 0.05) is 0 Å². The van der Waals surface area contributed by atoms with Crippen LogP contribution >= 0.6 is 0 Å². The summed E-state index contributed by atoms with van der Waals surface area (Å²) in [5.74, 6) is 2.43. The van der Waals surface area contributed by atoms with E-state index in [1.807, 2.05) is 0 Å². The second-order valence-corrected chi connectivity index (χ2v) is 7.32. The van der Waals surface area contributed by atoms with Crippen LogP contribution in [0.2, 0.25) is 0 Å². The van der Waals surface area contributed by atoms with Crippen molar-refractivity contribution in [2.24, 2.45) is 0 Å². The van der Waals surface area contributed by atoms with E-state index in [1.54, 1.807) is 0 Å². The molecular formula is C23H31B.